The van der Waals surface area contributed by atoms with Crippen molar-refractivity contribution in [1.29, 1.82) is 5.41 Å². The summed E-state index contributed by atoms with van der Waals surface area (Å²) in [6, 6.07) is 6.80. The molecule has 0 saturated heterocycles. The van der Waals surface area contributed by atoms with Crippen molar-refractivity contribution >= 4 is 39.1 Å². The van der Waals surface area contributed by atoms with Crippen molar-refractivity contribution in [1.82, 2.24) is 18.9 Å². The third kappa shape index (κ3) is 3.76. The fourth-order valence-electron chi connectivity index (χ4n) is 3.42. The Kier molecular flexibility index (Phi) is 5.71. The number of carbonyl (C=O) groups is 1. The van der Waals surface area contributed by atoms with Crippen LogP contribution in [0.25, 0.3) is 16.7 Å². The lowest BCUT2D eigenvalue weighted by Gasteiger charge is -2.14. The molecule has 0 saturated carbocycles. The van der Waals surface area contributed by atoms with E-state index in [2.05, 4.69) is 22.2 Å². The molecule has 0 aromatic carbocycles. The number of rotatable bonds is 7. The predicted octanol–water partition coefficient (Wildman–Crippen LogP) is 3.42. The number of hydrogen-bond donors (Lipinski definition) is 2. The summed E-state index contributed by atoms with van der Waals surface area (Å²) in [5.74, 6) is -0.461. The molecular weight excluding hydrogens is 400 g/mol. The van der Waals surface area contributed by atoms with Crippen LogP contribution in [0, 0.1) is 5.41 Å². The van der Waals surface area contributed by atoms with Crippen molar-refractivity contribution in [3.05, 3.63) is 63.4 Å². The summed E-state index contributed by atoms with van der Waals surface area (Å²) in [4.78, 5) is 34.7. The van der Waals surface area contributed by atoms with Gasteiger partial charge < -0.3 is 4.57 Å². The first-order valence-electron chi connectivity index (χ1n) is 9.90. The van der Waals surface area contributed by atoms with Crippen LogP contribution < -0.4 is 16.4 Å². The third-order valence-electron chi connectivity index (χ3n) is 4.95. The van der Waals surface area contributed by atoms with Gasteiger partial charge in [0.25, 0.3) is 11.5 Å². The molecule has 30 heavy (non-hydrogen) atoms. The normalized spacial score (nSPS) is 11.2. The molecule has 2 N–H and O–H groups in total. The third-order valence-corrected chi connectivity index (χ3v) is 5.64. The molecule has 0 fully saturated rings. The molecule has 8 nitrogen and oxygen atoms in total. The summed E-state index contributed by atoms with van der Waals surface area (Å²) in [5, 5.41) is 13.9. The van der Waals surface area contributed by atoms with Gasteiger partial charge in [0.2, 0.25) is 0 Å². The second-order valence-electron chi connectivity index (χ2n) is 6.99. The molecule has 0 unspecified atom stereocenters. The molecule has 9 heteroatoms. The number of amides is 1. The van der Waals surface area contributed by atoms with Crippen molar-refractivity contribution in [2.75, 3.05) is 5.32 Å². The first kappa shape index (κ1) is 20.0. The standard InChI is InChI=1S/C21H22N6O2S/c1-2-3-4-6-11-27-17(22)14(19(28)25-21-23-9-12-30-21)13-15-18(27)24-16-8-5-7-10-26(16)20(15)29/h5,7-10,12-13,22H,2-4,6,11H2,1H3,(H,23,25,28). The minimum atomic E-state index is -0.461. The topological polar surface area (TPSA) is 105 Å². The molecule has 1 amide bonds. The molecule has 0 radical (unpaired) electrons. The number of hydrogen-bond acceptors (Lipinski definition) is 6. The van der Waals surface area contributed by atoms with Gasteiger partial charge in [0.05, 0.1) is 10.9 Å². The molecule has 0 bridgehead atoms. The van der Waals surface area contributed by atoms with Crippen molar-refractivity contribution < 1.29 is 4.79 Å². The number of nitrogens with zero attached hydrogens (tertiary/aromatic N) is 4. The van der Waals surface area contributed by atoms with Crippen molar-refractivity contribution in [2.45, 2.75) is 39.2 Å². The molecule has 0 aliphatic rings. The lowest BCUT2D eigenvalue weighted by molar-refractivity contribution is 0.102. The fraction of sp³-hybridized carbons (Fsp3) is 0.286. The van der Waals surface area contributed by atoms with Gasteiger partial charge in [0, 0.05) is 24.3 Å². The number of unbranched alkanes of at least 4 members (excludes halogenated alkanes) is 3. The van der Waals surface area contributed by atoms with Crippen LogP contribution in [0.4, 0.5) is 5.13 Å². The molecule has 0 spiro atoms. The summed E-state index contributed by atoms with van der Waals surface area (Å²) in [5.41, 5.74) is 0.847. The number of anilines is 1. The molecule has 4 rings (SSSR count). The Morgan fingerprint density at radius 2 is 2.13 bits per heavy atom. The number of nitrogens with one attached hydrogen (secondary N) is 2. The van der Waals surface area contributed by atoms with E-state index in [1.165, 1.54) is 21.8 Å². The van der Waals surface area contributed by atoms with Gasteiger partial charge in [-0.3, -0.25) is 24.7 Å². The zero-order valence-corrected chi connectivity index (χ0v) is 17.4. The maximum Gasteiger partial charge on any atom is 0.267 e. The SMILES string of the molecule is CCCCCCn1c(=N)c(C(=O)Nc2nccs2)cc2c(=O)n3ccccc3nc21. The second kappa shape index (κ2) is 8.58. The number of carbonyl (C=O) groups excluding carboxylic acids is 1. The van der Waals surface area contributed by atoms with Crippen LogP contribution in [0.3, 0.4) is 0 Å². The summed E-state index contributed by atoms with van der Waals surface area (Å²) >= 11 is 1.29. The summed E-state index contributed by atoms with van der Waals surface area (Å²) in [7, 11) is 0. The van der Waals surface area contributed by atoms with E-state index in [1.54, 1.807) is 34.5 Å². The van der Waals surface area contributed by atoms with E-state index >= 15 is 0 Å². The average molecular weight is 423 g/mol. The van der Waals surface area contributed by atoms with Gasteiger partial charge in [0.1, 0.15) is 16.8 Å². The van der Waals surface area contributed by atoms with Gasteiger partial charge in [-0.2, -0.15) is 0 Å². The van der Waals surface area contributed by atoms with Crippen molar-refractivity contribution in [3.8, 4) is 0 Å². The Bertz CT molecular complexity index is 1320. The highest BCUT2D eigenvalue weighted by Gasteiger charge is 2.18. The maximum absolute atomic E-state index is 13.1. The smallest absolute Gasteiger partial charge is 0.267 e. The van der Waals surface area contributed by atoms with E-state index in [0.29, 0.717) is 28.4 Å². The van der Waals surface area contributed by atoms with E-state index in [1.807, 2.05) is 6.07 Å². The molecule has 4 heterocycles. The van der Waals surface area contributed by atoms with Gasteiger partial charge in [0.15, 0.2) is 5.13 Å². The first-order valence-corrected chi connectivity index (χ1v) is 10.8. The largest absolute Gasteiger partial charge is 0.310 e. The van der Waals surface area contributed by atoms with Gasteiger partial charge in [-0.25, -0.2) is 9.97 Å². The second-order valence-corrected chi connectivity index (χ2v) is 7.89. The Labute approximate surface area is 176 Å². The molecule has 154 valence electrons. The number of aryl methyl sites for hydroxylation is 1. The molecule has 0 aliphatic carbocycles. The highest BCUT2D eigenvalue weighted by molar-refractivity contribution is 7.13. The average Bonchev–Trinajstić information content (AvgIpc) is 3.25. The van der Waals surface area contributed by atoms with Crippen LogP contribution in [0.2, 0.25) is 0 Å². The van der Waals surface area contributed by atoms with Crippen molar-refractivity contribution in [2.24, 2.45) is 0 Å². The summed E-state index contributed by atoms with van der Waals surface area (Å²) < 4.78 is 3.13. The molecule has 4 aromatic rings. The van der Waals surface area contributed by atoms with Gasteiger partial charge in [-0.1, -0.05) is 32.3 Å². The van der Waals surface area contributed by atoms with Gasteiger partial charge >= 0.3 is 0 Å². The minimum absolute atomic E-state index is 0.0419. The molecular formula is C21H22N6O2S. The molecule has 0 aliphatic heterocycles. The van der Waals surface area contributed by atoms with Crippen LogP contribution >= 0.6 is 11.3 Å². The zero-order chi connectivity index (χ0) is 21.1. The van der Waals surface area contributed by atoms with Crippen LogP contribution in [0.1, 0.15) is 43.0 Å². The molecule has 4 aromatic heterocycles. The first-order chi connectivity index (χ1) is 14.6. The number of aromatic nitrogens is 4. The Morgan fingerprint density at radius 1 is 1.27 bits per heavy atom. The highest BCUT2D eigenvalue weighted by atomic mass is 32.1. The fourth-order valence-corrected chi connectivity index (χ4v) is 3.95. The van der Waals surface area contributed by atoms with Crippen LogP contribution in [-0.2, 0) is 6.54 Å². The summed E-state index contributed by atoms with van der Waals surface area (Å²) in [6.07, 6.45) is 7.28. The maximum atomic E-state index is 13.1. The van der Waals surface area contributed by atoms with Gasteiger partial charge in [-0.05, 0) is 24.6 Å². The Hall–Kier alpha value is -3.33. The summed E-state index contributed by atoms with van der Waals surface area (Å²) in [6.45, 7) is 2.65. The lowest BCUT2D eigenvalue weighted by Crippen LogP contribution is -2.32. The highest BCUT2D eigenvalue weighted by Crippen LogP contribution is 2.15. The Morgan fingerprint density at radius 3 is 2.90 bits per heavy atom. The van der Waals surface area contributed by atoms with E-state index in [-0.39, 0.29) is 16.6 Å². The van der Waals surface area contributed by atoms with Crippen LogP contribution in [-0.4, -0.2) is 24.8 Å². The quantitative estimate of drug-likeness (QED) is 0.352. The van der Waals surface area contributed by atoms with Crippen LogP contribution in [0.15, 0.2) is 46.8 Å². The van der Waals surface area contributed by atoms with Gasteiger partial charge in [-0.15, -0.1) is 11.3 Å². The van der Waals surface area contributed by atoms with Crippen LogP contribution in [0.5, 0.6) is 0 Å². The minimum Gasteiger partial charge on any atom is -0.310 e. The zero-order valence-electron chi connectivity index (χ0n) is 16.6. The van der Waals surface area contributed by atoms with E-state index in [4.69, 9.17) is 5.41 Å². The van der Waals surface area contributed by atoms with E-state index < -0.39 is 5.91 Å². The number of fused-ring (bicyclic) bond motifs is 2. The van der Waals surface area contributed by atoms with E-state index in [9.17, 15) is 9.59 Å². The number of thiazole rings is 1. The Balaban J connectivity index is 1.89. The van der Waals surface area contributed by atoms with Crippen molar-refractivity contribution in [3.63, 3.8) is 0 Å². The molecule has 0 atom stereocenters. The lowest BCUT2D eigenvalue weighted by atomic mass is 10.1. The monoisotopic (exact) mass is 422 g/mol. The predicted molar refractivity (Wildman–Crippen MR) is 117 cm³/mol. The number of pyridine rings is 2. The van der Waals surface area contributed by atoms with E-state index in [0.717, 1.165) is 25.7 Å².